The lowest BCUT2D eigenvalue weighted by Crippen LogP contribution is -2.62. The molecule has 17 heteroatoms. The number of piperazine rings is 1. The average Bonchev–Trinajstić information content (AvgIpc) is 3.91. The number of likely N-dealkylation sites (N-methyl/N-ethyl adjacent to an activating group) is 1. The molecule has 6 atom stereocenters. The van der Waals surface area contributed by atoms with E-state index >= 15 is 0 Å². The molecule has 4 aliphatic heterocycles. The van der Waals surface area contributed by atoms with Crippen LogP contribution in [0.15, 0.2) is 85.2 Å². The number of pyridine rings is 1. The summed E-state index contributed by atoms with van der Waals surface area (Å²) < 4.78 is 14.0. The van der Waals surface area contributed by atoms with Crippen molar-refractivity contribution in [3.8, 4) is 28.1 Å². The Hall–Kier alpha value is -6.95. The number of aromatic nitrogens is 2. The number of hydrogen-bond acceptors (Lipinski definition) is 12. The van der Waals surface area contributed by atoms with Crippen molar-refractivity contribution in [3.63, 3.8) is 0 Å². The summed E-state index contributed by atoms with van der Waals surface area (Å²) in [6.45, 7) is 11.0. The van der Waals surface area contributed by atoms with Crippen molar-refractivity contribution >= 4 is 46.4 Å². The van der Waals surface area contributed by atoms with Gasteiger partial charge in [0.05, 0.1) is 18.9 Å². The minimum absolute atomic E-state index is 0.0432. The minimum Gasteiger partial charge on any atom is -0.508 e. The molecule has 17 nitrogen and oxygen atoms in total. The van der Waals surface area contributed by atoms with Crippen LogP contribution in [0.1, 0.15) is 69.7 Å². The van der Waals surface area contributed by atoms with Gasteiger partial charge in [-0.25, -0.2) is 5.43 Å². The lowest BCUT2D eigenvalue weighted by Gasteiger charge is -2.37. The highest BCUT2D eigenvalue weighted by atomic mass is 16.5. The number of hydrazine groups is 1. The van der Waals surface area contributed by atoms with E-state index in [1.165, 1.54) is 17.0 Å². The van der Waals surface area contributed by atoms with Crippen LogP contribution in [0.4, 0.5) is 0 Å². The average molecular weight is 981 g/mol. The van der Waals surface area contributed by atoms with Gasteiger partial charge in [0, 0.05) is 74.5 Å². The number of aromatic hydroxyl groups is 1. The molecule has 9 rings (SSSR count). The summed E-state index contributed by atoms with van der Waals surface area (Å²) in [7, 11) is 3.11. The van der Waals surface area contributed by atoms with E-state index in [-0.39, 0.29) is 25.3 Å². The van der Waals surface area contributed by atoms with Crippen LogP contribution in [0.2, 0.25) is 0 Å². The number of hydrogen-bond donors (Lipinski definition) is 3. The van der Waals surface area contributed by atoms with Crippen molar-refractivity contribution in [3.05, 3.63) is 107 Å². The van der Waals surface area contributed by atoms with Crippen molar-refractivity contribution in [1.29, 1.82) is 0 Å². The van der Waals surface area contributed by atoms with Gasteiger partial charge in [-0.3, -0.25) is 48.6 Å². The number of amides is 5. The molecule has 0 aliphatic carbocycles. The number of carbonyl (C=O) groups is 6. The number of nitrogens with one attached hydrogen (secondary N) is 2. The molecule has 3 aromatic carbocycles. The molecule has 5 aromatic rings. The summed E-state index contributed by atoms with van der Waals surface area (Å²) in [6.07, 6.45) is 4.96. The molecule has 2 aromatic heterocycles. The Morgan fingerprint density at radius 2 is 1.74 bits per heavy atom. The minimum atomic E-state index is -1.24. The van der Waals surface area contributed by atoms with Crippen LogP contribution in [0.3, 0.4) is 0 Å². The number of benzene rings is 3. The Bertz CT molecular complexity index is 2910. The molecule has 0 spiro atoms. The predicted molar refractivity (Wildman–Crippen MR) is 268 cm³/mol. The number of likely N-dealkylation sites (tertiary alicyclic amines) is 1. The molecule has 6 heterocycles. The quantitative estimate of drug-likeness (QED) is 0.0862. The van der Waals surface area contributed by atoms with Crippen molar-refractivity contribution < 1.29 is 43.3 Å². The van der Waals surface area contributed by atoms with E-state index < -0.39 is 83.6 Å². The molecular formula is C55H64N8O9. The number of aryl methyl sites for hydroxylation is 1. The fourth-order valence-electron chi connectivity index (χ4n) is 10.9. The normalized spacial score (nSPS) is 22.4. The van der Waals surface area contributed by atoms with Crippen LogP contribution in [0, 0.1) is 11.3 Å². The number of carbonyl (C=O) groups excluding carboxylic acids is 6. The predicted octanol–water partition coefficient (Wildman–Crippen LogP) is 5.00. The highest BCUT2D eigenvalue weighted by Gasteiger charge is 2.66. The van der Waals surface area contributed by atoms with Crippen molar-refractivity contribution in [1.82, 2.24) is 40.0 Å². The zero-order valence-electron chi connectivity index (χ0n) is 42.0. The maximum atomic E-state index is 14.8. The molecule has 6 bridgehead atoms. The molecule has 3 saturated heterocycles. The first kappa shape index (κ1) is 50.0. The molecular weight excluding hydrogens is 917 g/mol. The molecule has 3 N–H and O–H groups in total. The van der Waals surface area contributed by atoms with E-state index in [0.29, 0.717) is 50.1 Å². The molecule has 0 saturated carbocycles. The van der Waals surface area contributed by atoms with Gasteiger partial charge in [-0.05, 0) is 95.8 Å². The molecule has 378 valence electrons. The van der Waals surface area contributed by atoms with Gasteiger partial charge in [-0.1, -0.05) is 70.2 Å². The van der Waals surface area contributed by atoms with Crippen molar-refractivity contribution in [2.45, 2.75) is 110 Å². The third-order valence-electron chi connectivity index (χ3n) is 14.5. The number of esters is 1. The second-order valence-electron chi connectivity index (χ2n) is 20.7. The third-order valence-corrected chi connectivity index (χ3v) is 14.5. The summed E-state index contributed by atoms with van der Waals surface area (Å²) in [5.74, 6) is -3.70. The number of rotatable bonds is 12. The maximum Gasteiger partial charge on any atom is 0.324 e. The van der Waals surface area contributed by atoms with Gasteiger partial charge in [0.2, 0.25) is 23.6 Å². The number of imide groups is 1. The Labute approximate surface area is 419 Å². The van der Waals surface area contributed by atoms with E-state index in [0.717, 1.165) is 49.3 Å². The standard InChI is InChI=1S/C55H64N8O9/c1-8-60-44-17-16-35-25-39(44)40(47(60)41-27-56-19-18-36(41)30-71-7)26-55(4,5)31-72-54(70)42-15-12-20-63(58-42)51(67)43(23-34-21-37(35)24-38(64)22-34)57-50(66)46(32(2)3)59(6)45(65)29-62-52(68)48-49(53(62)69)61(48)28-33-13-10-9-11-14-33/h9-11,13-14,16-19,21-22,24-25,27,32,42-43,46,48-49,58,64H,8,12,15,20,23,26,28-31H2,1-7H3,(H,57,66)/t42-,43-,46?,48-,49+,61?/m0/s1. The SMILES string of the molecule is CCn1c(-c2cnccc2COC)c2c3cc(ccc31)-c1cc(O)cc(c1)C[C@H](NC(=O)C(C(C)C)N(C)C(=O)CN1C(=O)[C@@H]3[C@H](C1=O)N3Cc1ccccc1)C(=O)N1CCC[C@H](N1)C(=O)OCC(C)(C)C2. The second kappa shape index (κ2) is 20.3. The van der Waals surface area contributed by atoms with Crippen molar-refractivity contribution in [2.75, 3.05) is 33.9 Å². The Kier molecular flexibility index (Phi) is 14.1. The highest BCUT2D eigenvalue weighted by Crippen LogP contribution is 2.42. The number of cyclic esters (lactones) is 1. The molecule has 72 heavy (non-hydrogen) atoms. The smallest absolute Gasteiger partial charge is 0.324 e. The van der Waals surface area contributed by atoms with Gasteiger partial charge < -0.3 is 29.4 Å². The van der Waals surface area contributed by atoms with Crippen LogP contribution >= 0.6 is 0 Å². The van der Waals surface area contributed by atoms with Crippen LogP contribution in [-0.2, 0) is 70.8 Å². The second-order valence-corrected chi connectivity index (χ2v) is 20.7. The summed E-state index contributed by atoms with van der Waals surface area (Å²) in [5, 5.41) is 16.6. The maximum absolute atomic E-state index is 14.8. The molecule has 5 amide bonds. The number of nitrogens with zero attached hydrogens (tertiary/aromatic N) is 6. The fraction of sp³-hybridized carbons (Fsp3) is 0.436. The van der Waals surface area contributed by atoms with Gasteiger partial charge in [-0.15, -0.1) is 0 Å². The third kappa shape index (κ3) is 9.84. The molecule has 4 aliphatic rings. The monoisotopic (exact) mass is 980 g/mol. The van der Waals surface area contributed by atoms with Gasteiger partial charge in [0.25, 0.3) is 5.91 Å². The van der Waals surface area contributed by atoms with Crippen LogP contribution in [0.25, 0.3) is 33.3 Å². The van der Waals surface area contributed by atoms with Gasteiger partial charge in [-0.2, -0.15) is 0 Å². The largest absolute Gasteiger partial charge is 0.508 e. The lowest BCUT2D eigenvalue weighted by molar-refractivity contribution is -0.156. The molecule has 3 fully saturated rings. The van der Waals surface area contributed by atoms with Gasteiger partial charge >= 0.3 is 5.97 Å². The number of phenolic OH excluding ortho intramolecular Hbond substituents is 1. The van der Waals surface area contributed by atoms with Crippen molar-refractivity contribution in [2.24, 2.45) is 11.3 Å². The number of phenols is 1. The first-order valence-corrected chi connectivity index (χ1v) is 24.8. The number of fused-ring (bicyclic) bond motifs is 7. The van der Waals surface area contributed by atoms with Crippen LogP contribution < -0.4 is 10.7 Å². The Morgan fingerprint density at radius 3 is 2.44 bits per heavy atom. The van der Waals surface area contributed by atoms with E-state index in [1.54, 1.807) is 44.2 Å². The fourth-order valence-corrected chi connectivity index (χ4v) is 10.9. The van der Waals surface area contributed by atoms with Gasteiger partial charge in [0.15, 0.2) is 0 Å². The first-order valence-electron chi connectivity index (χ1n) is 24.8. The topological polar surface area (TPSA) is 196 Å². The number of methoxy groups -OCH3 is 1. The van der Waals surface area contributed by atoms with E-state index in [1.807, 2.05) is 54.7 Å². The summed E-state index contributed by atoms with van der Waals surface area (Å²) in [6, 6.07) is 18.3. The first-order chi connectivity index (χ1) is 34.5. The molecule has 0 radical (unpaired) electrons. The molecule has 2 unspecified atom stereocenters. The Morgan fingerprint density at radius 1 is 0.986 bits per heavy atom. The summed E-state index contributed by atoms with van der Waals surface area (Å²) in [4.78, 5) is 92.8. The summed E-state index contributed by atoms with van der Waals surface area (Å²) in [5.41, 5.74) is 10.5. The van der Waals surface area contributed by atoms with E-state index in [2.05, 4.69) is 53.2 Å². The number of ether oxygens (including phenoxy) is 2. The lowest BCUT2D eigenvalue weighted by atomic mass is 9.84. The van der Waals surface area contributed by atoms with Crippen LogP contribution in [-0.4, -0.2) is 134 Å². The highest BCUT2D eigenvalue weighted by molar-refractivity contribution is 6.14. The van der Waals surface area contributed by atoms with Gasteiger partial charge in [0.1, 0.15) is 42.5 Å². The van der Waals surface area contributed by atoms with E-state index in [9.17, 15) is 33.9 Å². The van der Waals surface area contributed by atoms with Crippen LogP contribution in [0.5, 0.6) is 5.75 Å². The summed E-state index contributed by atoms with van der Waals surface area (Å²) >= 11 is 0. The zero-order chi connectivity index (χ0) is 51.2. The Balaban J connectivity index is 1.03. The van der Waals surface area contributed by atoms with E-state index in [4.69, 9.17) is 9.47 Å². The zero-order valence-corrected chi connectivity index (χ0v) is 42.0.